The lowest BCUT2D eigenvalue weighted by molar-refractivity contribution is 0.243. The standard InChI is InChI=1S/C21H27N5O2/c1-27-20-6-5-16(14-21(20)28-2)13-19-17-15-25(12-7-18(17)23-24-19)9-4-11-26-10-3-8-22-26/h3,5-6,8,10,14H,4,7,9,11-13,15H2,1-2H3,(H,23,24). The average Bonchev–Trinajstić information content (AvgIpc) is 3.38. The molecule has 0 fully saturated rings. The van der Waals surface area contributed by atoms with E-state index in [9.17, 15) is 0 Å². The van der Waals surface area contributed by atoms with Crippen LogP contribution in [0.2, 0.25) is 0 Å². The average molecular weight is 381 g/mol. The molecule has 0 radical (unpaired) electrons. The normalized spacial score (nSPS) is 14.1. The van der Waals surface area contributed by atoms with Gasteiger partial charge in [0.2, 0.25) is 0 Å². The van der Waals surface area contributed by atoms with Crippen molar-refractivity contribution < 1.29 is 9.47 Å². The highest BCUT2D eigenvalue weighted by Crippen LogP contribution is 2.29. The van der Waals surface area contributed by atoms with Crippen molar-refractivity contribution in [1.82, 2.24) is 24.9 Å². The highest BCUT2D eigenvalue weighted by molar-refractivity contribution is 5.44. The van der Waals surface area contributed by atoms with Crippen molar-refractivity contribution in [3.8, 4) is 11.5 Å². The van der Waals surface area contributed by atoms with Crippen LogP contribution in [-0.2, 0) is 25.9 Å². The monoisotopic (exact) mass is 381 g/mol. The van der Waals surface area contributed by atoms with Crippen LogP contribution in [0.15, 0.2) is 36.7 Å². The van der Waals surface area contributed by atoms with Gasteiger partial charge in [0.15, 0.2) is 11.5 Å². The predicted octanol–water partition coefficient (Wildman–Crippen LogP) is 2.66. The molecule has 3 heterocycles. The second kappa shape index (κ2) is 8.48. The van der Waals surface area contributed by atoms with Gasteiger partial charge in [0, 0.05) is 62.7 Å². The molecule has 1 aliphatic heterocycles. The van der Waals surface area contributed by atoms with Gasteiger partial charge in [-0.15, -0.1) is 0 Å². The van der Waals surface area contributed by atoms with Crippen LogP contribution in [0.5, 0.6) is 11.5 Å². The number of H-pyrrole nitrogens is 1. The van der Waals surface area contributed by atoms with E-state index in [2.05, 4.69) is 26.3 Å². The Labute approximate surface area is 165 Å². The molecule has 0 unspecified atom stereocenters. The van der Waals surface area contributed by atoms with E-state index in [1.165, 1.54) is 16.8 Å². The van der Waals surface area contributed by atoms with Crippen molar-refractivity contribution in [2.24, 2.45) is 0 Å². The molecule has 0 spiro atoms. The number of nitrogens with zero attached hydrogens (tertiary/aromatic N) is 4. The largest absolute Gasteiger partial charge is 0.493 e. The number of aryl methyl sites for hydroxylation is 1. The maximum atomic E-state index is 5.43. The number of rotatable bonds is 8. The molecule has 0 saturated heterocycles. The molecule has 4 rings (SSSR count). The number of fused-ring (bicyclic) bond motifs is 1. The summed E-state index contributed by atoms with van der Waals surface area (Å²) in [5, 5.41) is 12.1. The fourth-order valence-corrected chi connectivity index (χ4v) is 3.82. The topological polar surface area (TPSA) is 68.2 Å². The number of benzene rings is 1. The highest BCUT2D eigenvalue weighted by atomic mass is 16.5. The van der Waals surface area contributed by atoms with Gasteiger partial charge in [-0.25, -0.2) is 0 Å². The van der Waals surface area contributed by atoms with Gasteiger partial charge in [-0.3, -0.25) is 14.7 Å². The Morgan fingerprint density at radius 2 is 2.04 bits per heavy atom. The van der Waals surface area contributed by atoms with Crippen LogP contribution in [0.1, 0.15) is 28.9 Å². The summed E-state index contributed by atoms with van der Waals surface area (Å²) in [6.07, 6.45) is 6.76. The fraction of sp³-hybridized carbons (Fsp3) is 0.429. The van der Waals surface area contributed by atoms with Gasteiger partial charge in [0.25, 0.3) is 0 Å². The second-order valence-corrected chi connectivity index (χ2v) is 7.14. The second-order valence-electron chi connectivity index (χ2n) is 7.14. The molecular formula is C21H27N5O2. The zero-order valence-corrected chi connectivity index (χ0v) is 16.5. The van der Waals surface area contributed by atoms with Gasteiger partial charge >= 0.3 is 0 Å². The summed E-state index contributed by atoms with van der Waals surface area (Å²) in [6.45, 7) is 4.05. The Bertz CT molecular complexity index is 904. The van der Waals surface area contributed by atoms with Crippen molar-refractivity contribution in [2.45, 2.75) is 32.4 Å². The summed E-state index contributed by atoms with van der Waals surface area (Å²) in [7, 11) is 3.32. The molecule has 0 saturated carbocycles. The van der Waals surface area contributed by atoms with Crippen molar-refractivity contribution in [3.05, 3.63) is 59.2 Å². The van der Waals surface area contributed by atoms with Crippen LogP contribution >= 0.6 is 0 Å². The van der Waals surface area contributed by atoms with E-state index in [1.807, 2.05) is 35.3 Å². The molecule has 0 bridgehead atoms. The van der Waals surface area contributed by atoms with Crippen molar-refractivity contribution in [2.75, 3.05) is 27.3 Å². The number of nitrogens with one attached hydrogen (secondary N) is 1. The lowest BCUT2D eigenvalue weighted by atomic mass is 10.0. The van der Waals surface area contributed by atoms with Gasteiger partial charge in [0.1, 0.15) is 0 Å². The molecule has 2 aromatic heterocycles. The first-order valence-corrected chi connectivity index (χ1v) is 9.72. The van der Waals surface area contributed by atoms with E-state index in [-0.39, 0.29) is 0 Å². The number of hydrogen-bond acceptors (Lipinski definition) is 5. The van der Waals surface area contributed by atoms with E-state index in [0.29, 0.717) is 0 Å². The number of aromatic nitrogens is 4. The Hall–Kier alpha value is -2.80. The van der Waals surface area contributed by atoms with E-state index >= 15 is 0 Å². The first kappa shape index (κ1) is 18.6. The van der Waals surface area contributed by atoms with Crippen molar-refractivity contribution >= 4 is 0 Å². The van der Waals surface area contributed by atoms with Crippen molar-refractivity contribution in [3.63, 3.8) is 0 Å². The molecule has 1 aliphatic rings. The van der Waals surface area contributed by atoms with Crippen LogP contribution in [0.4, 0.5) is 0 Å². The zero-order chi connectivity index (χ0) is 19.3. The molecule has 7 heteroatoms. The van der Waals surface area contributed by atoms with Gasteiger partial charge in [-0.05, 0) is 30.2 Å². The minimum Gasteiger partial charge on any atom is -0.493 e. The zero-order valence-electron chi connectivity index (χ0n) is 16.5. The number of aromatic amines is 1. The quantitative estimate of drug-likeness (QED) is 0.650. The maximum Gasteiger partial charge on any atom is 0.160 e. The highest BCUT2D eigenvalue weighted by Gasteiger charge is 2.22. The Morgan fingerprint density at radius 3 is 2.82 bits per heavy atom. The first-order chi connectivity index (χ1) is 13.8. The number of ether oxygens (including phenoxy) is 2. The van der Waals surface area contributed by atoms with E-state index in [1.54, 1.807) is 14.2 Å². The van der Waals surface area contributed by atoms with Crippen LogP contribution in [0.3, 0.4) is 0 Å². The lowest BCUT2D eigenvalue weighted by Crippen LogP contribution is -2.32. The molecule has 3 aromatic rings. The Kier molecular flexibility index (Phi) is 5.62. The molecule has 0 aliphatic carbocycles. The predicted molar refractivity (Wildman–Crippen MR) is 107 cm³/mol. The summed E-state index contributed by atoms with van der Waals surface area (Å²) in [5.41, 5.74) is 4.92. The molecule has 148 valence electrons. The van der Waals surface area contributed by atoms with E-state index in [0.717, 1.165) is 62.6 Å². The summed E-state index contributed by atoms with van der Waals surface area (Å²) in [4.78, 5) is 2.51. The Morgan fingerprint density at radius 1 is 1.14 bits per heavy atom. The summed E-state index contributed by atoms with van der Waals surface area (Å²) in [5.74, 6) is 1.50. The van der Waals surface area contributed by atoms with Gasteiger partial charge in [-0.2, -0.15) is 10.2 Å². The fourth-order valence-electron chi connectivity index (χ4n) is 3.82. The van der Waals surface area contributed by atoms with Crippen LogP contribution in [-0.4, -0.2) is 52.2 Å². The summed E-state index contributed by atoms with van der Waals surface area (Å²) in [6, 6.07) is 8.03. The van der Waals surface area contributed by atoms with Gasteiger partial charge in [-0.1, -0.05) is 6.07 Å². The first-order valence-electron chi connectivity index (χ1n) is 9.72. The van der Waals surface area contributed by atoms with Crippen LogP contribution in [0.25, 0.3) is 0 Å². The Balaban J connectivity index is 1.41. The summed E-state index contributed by atoms with van der Waals surface area (Å²) < 4.78 is 12.8. The molecule has 0 amide bonds. The molecular weight excluding hydrogens is 354 g/mol. The third-order valence-corrected chi connectivity index (χ3v) is 5.34. The third-order valence-electron chi connectivity index (χ3n) is 5.34. The molecule has 7 nitrogen and oxygen atoms in total. The van der Waals surface area contributed by atoms with Gasteiger partial charge in [0.05, 0.1) is 19.9 Å². The molecule has 1 aromatic carbocycles. The lowest BCUT2D eigenvalue weighted by Gasteiger charge is -2.27. The van der Waals surface area contributed by atoms with E-state index < -0.39 is 0 Å². The smallest absolute Gasteiger partial charge is 0.160 e. The van der Waals surface area contributed by atoms with E-state index in [4.69, 9.17) is 9.47 Å². The van der Waals surface area contributed by atoms with Gasteiger partial charge < -0.3 is 9.47 Å². The number of hydrogen-bond donors (Lipinski definition) is 1. The maximum absolute atomic E-state index is 5.43. The number of methoxy groups -OCH3 is 2. The molecule has 0 atom stereocenters. The van der Waals surface area contributed by atoms with Crippen molar-refractivity contribution in [1.29, 1.82) is 0 Å². The summed E-state index contributed by atoms with van der Waals surface area (Å²) >= 11 is 0. The third kappa shape index (κ3) is 4.04. The SMILES string of the molecule is COc1ccc(Cc2n[nH]c3c2CN(CCCn2cccn2)CC3)cc1OC. The molecule has 1 N–H and O–H groups in total. The van der Waals surface area contributed by atoms with Crippen LogP contribution in [0, 0.1) is 0 Å². The molecule has 28 heavy (non-hydrogen) atoms. The van der Waals surface area contributed by atoms with Crippen LogP contribution < -0.4 is 9.47 Å². The minimum absolute atomic E-state index is 0.749. The minimum atomic E-state index is 0.749.